The van der Waals surface area contributed by atoms with Crippen LogP contribution in [-0.2, 0) is 10.8 Å². The molecule has 17 aromatic carbocycles. The smallest absolute Gasteiger partial charge is 0.252 e. The van der Waals surface area contributed by atoms with E-state index in [4.69, 9.17) is 0 Å². The highest BCUT2D eigenvalue weighted by Crippen LogP contribution is 2.55. The molecule has 0 fully saturated rings. The van der Waals surface area contributed by atoms with Crippen molar-refractivity contribution in [2.45, 2.75) is 52.4 Å². The topological polar surface area (TPSA) is 21.3 Å². The number of benzene rings is 17. The zero-order valence-electron chi connectivity index (χ0n) is 66.0. The van der Waals surface area contributed by atoms with Gasteiger partial charge in [0.2, 0.25) is 0 Å². The molecule has 23 rings (SSSR count). The minimum atomic E-state index is -0.295. The summed E-state index contributed by atoms with van der Waals surface area (Å²) in [4.78, 5) is 5.41. The molecule has 7 heteroatoms. The number of thiophene rings is 1. The molecule has 0 radical (unpaired) electrons. The van der Waals surface area contributed by atoms with Crippen LogP contribution in [0.5, 0.6) is 0 Å². The molecule has 2 aliphatic rings. The number of hydrogen-bond acceptors (Lipinski definition) is 3. The molecular weight excluding hydrogens is 1430 g/mol. The van der Waals surface area contributed by atoms with Gasteiger partial charge in [-0.3, -0.25) is 0 Å². The summed E-state index contributed by atoms with van der Waals surface area (Å²) in [6.45, 7) is 14.0. The third-order valence-electron chi connectivity index (χ3n) is 25.1. The fraction of sp³-hybridized carbons (Fsp3) is 0.0727. The van der Waals surface area contributed by atoms with Gasteiger partial charge in [-0.2, -0.15) is 0 Å². The van der Waals surface area contributed by atoms with E-state index < -0.39 is 0 Å². The fourth-order valence-electron chi connectivity index (χ4n) is 19.6. The molecule has 0 saturated carbocycles. The lowest BCUT2D eigenvalue weighted by Gasteiger charge is -2.45. The van der Waals surface area contributed by atoms with Crippen LogP contribution < -0.4 is 26.2 Å². The summed E-state index contributed by atoms with van der Waals surface area (Å²) in [6, 6.07) is 143. The van der Waals surface area contributed by atoms with Crippen molar-refractivity contribution in [2.75, 3.05) is 9.80 Å². The normalized spacial score (nSPS) is 12.8. The molecule has 117 heavy (non-hydrogen) atoms. The minimum absolute atomic E-state index is 0.259. The van der Waals surface area contributed by atoms with Crippen LogP contribution in [0, 0.1) is 0 Å². The quantitative estimate of drug-likeness (QED) is 0.127. The molecule has 0 atom stereocenters. The molecular formula is C110H80BN5S. The first-order valence-electron chi connectivity index (χ1n) is 40.9. The summed E-state index contributed by atoms with van der Waals surface area (Å²) >= 11 is 1.91. The Morgan fingerprint density at radius 1 is 0.239 bits per heavy atom. The Hall–Kier alpha value is -14.0. The predicted molar refractivity (Wildman–Crippen MR) is 501 cm³/mol. The van der Waals surface area contributed by atoms with E-state index in [0.717, 1.165) is 129 Å². The molecule has 4 aromatic heterocycles. The van der Waals surface area contributed by atoms with Crippen molar-refractivity contribution in [1.29, 1.82) is 0 Å². The molecule has 0 unspecified atom stereocenters. The summed E-state index contributed by atoms with van der Waals surface area (Å²) in [5, 5.41) is 9.82. The second-order valence-corrected chi connectivity index (χ2v) is 35.0. The zero-order chi connectivity index (χ0) is 78.1. The molecule has 0 aliphatic carbocycles. The van der Waals surface area contributed by atoms with Crippen molar-refractivity contribution in [3.8, 4) is 72.7 Å². The maximum absolute atomic E-state index is 2.70. The van der Waals surface area contributed by atoms with Gasteiger partial charge in [-0.1, -0.05) is 302 Å². The fourth-order valence-corrected chi connectivity index (χ4v) is 20.8. The van der Waals surface area contributed by atoms with Crippen molar-refractivity contribution in [2.24, 2.45) is 0 Å². The maximum atomic E-state index is 2.70. The minimum Gasteiger partial charge on any atom is -0.311 e. The average molecular weight is 1510 g/mol. The van der Waals surface area contributed by atoms with Crippen molar-refractivity contribution in [1.82, 2.24) is 13.7 Å². The summed E-state index contributed by atoms with van der Waals surface area (Å²) in [5.41, 5.74) is 33.8. The Morgan fingerprint density at radius 3 is 1.20 bits per heavy atom. The van der Waals surface area contributed by atoms with Gasteiger partial charge in [0.25, 0.3) is 6.71 Å². The van der Waals surface area contributed by atoms with Gasteiger partial charge in [0.1, 0.15) is 0 Å². The second-order valence-electron chi connectivity index (χ2n) is 33.9. The van der Waals surface area contributed by atoms with Crippen molar-refractivity contribution < 1.29 is 0 Å². The van der Waals surface area contributed by atoms with Gasteiger partial charge < -0.3 is 23.5 Å². The highest BCUT2D eigenvalue weighted by Gasteiger charge is 2.46. The lowest BCUT2D eigenvalue weighted by Crippen LogP contribution is -2.61. The number of hydrogen-bond donors (Lipinski definition) is 0. The molecule has 0 bridgehead atoms. The number of anilines is 6. The van der Waals surface area contributed by atoms with Crippen LogP contribution in [0.2, 0.25) is 0 Å². The number of nitrogens with zero attached hydrogens (tertiary/aromatic N) is 5. The maximum Gasteiger partial charge on any atom is 0.252 e. The van der Waals surface area contributed by atoms with Gasteiger partial charge in [0.15, 0.2) is 0 Å². The molecule has 0 spiro atoms. The summed E-state index contributed by atoms with van der Waals surface area (Å²) < 4.78 is 10.2. The number of rotatable bonds is 10. The lowest BCUT2D eigenvalue weighted by molar-refractivity contribution is 0.590. The number of aromatic nitrogens is 3. The third kappa shape index (κ3) is 10.8. The van der Waals surface area contributed by atoms with E-state index in [1.165, 1.54) is 91.1 Å². The van der Waals surface area contributed by atoms with Gasteiger partial charge >= 0.3 is 0 Å². The highest BCUT2D eigenvalue weighted by atomic mass is 32.1. The lowest BCUT2D eigenvalue weighted by atomic mass is 9.33. The second kappa shape index (κ2) is 26.3. The van der Waals surface area contributed by atoms with Crippen LogP contribution in [0.4, 0.5) is 34.1 Å². The van der Waals surface area contributed by atoms with E-state index in [-0.39, 0.29) is 17.5 Å². The van der Waals surface area contributed by atoms with Crippen molar-refractivity contribution in [3.05, 3.63) is 387 Å². The first kappa shape index (κ1) is 68.6. The van der Waals surface area contributed by atoms with Crippen LogP contribution >= 0.6 is 11.3 Å². The molecule has 554 valence electrons. The SMILES string of the molecule is CC(C)(C)c1cc(-c2ccccc2)cc(N2c3cc(-n4c5ccccc5c5ccccc54)ccc3B3c4ccc(-n5c6ccccc6c6ccccc65)cc4N(c4ccc(-c5ccccc5)cc4-c4ccccc4)c4cc(-c5c(-c6cccc7c6sc6ccccc67)cc(C(C)(C)C)cc5-n5c6ccccc6c6ccccc65)cc2c43)c1. The van der Waals surface area contributed by atoms with Crippen LogP contribution in [-0.4, -0.2) is 20.4 Å². The Kier molecular flexibility index (Phi) is 15.4. The molecule has 21 aromatic rings. The van der Waals surface area contributed by atoms with Gasteiger partial charge in [0.05, 0.1) is 44.5 Å². The first-order valence-corrected chi connectivity index (χ1v) is 41.7. The van der Waals surface area contributed by atoms with E-state index in [2.05, 4.69) is 441 Å². The van der Waals surface area contributed by atoms with Gasteiger partial charge in [-0.15, -0.1) is 11.3 Å². The van der Waals surface area contributed by atoms with Crippen LogP contribution in [0.3, 0.4) is 0 Å². The molecule has 0 amide bonds. The summed E-state index contributed by atoms with van der Waals surface area (Å²) in [6.07, 6.45) is 0. The molecule has 5 nitrogen and oxygen atoms in total. The van der Waals surface area contributed by atoms with Gasteiger partial charge in [-0.05, 0) is 193 Å². The largest absolute Gasteiger partial charge is 0.311 e. The van der Waals surface area contributed by atoms with E-state index in [0.29, 0.717) is 0 Å². The van der Waals surface area contributed by atoms with Crippen molar-refractivity contribution >= 4 is 154 Å². The van der Waals surface area contributed by atoms with Gasteiger partial charge in [0, 0.05) is 109 Å². The average Bonchev–Trinajstić information content (AvgIpc) is 1.03. The van der Waals surface area contributed by atoms with Crippen LogP contribution in [0.1, 0.15) is 52.7 Å². The van der Waals surface area contributed by atoms with Crippen LogP contribution in [0.25, 0.3) is 158 Å². The Bertz CT molecular complexity index is 7510. The molecule has 0 N–H and O–H groups in total. The monoisotopic (exact) mass is 1510 g/mol. The molecule has 2 aliphatic heterocycles. The molecule has 6 heterocycles. The highest BCUT2D eigenvalue weighted by molar-refractivity contribution is 7.26. The standard InChI is InChI=1S/C110H80BN5S/c1-109(2,3)75-59-73(70-33-12-8-13-34-70)60-79(64-75)114-100-67-77(112-93-46-23-16-37-80(93)81-38-17-24-47-94(81)112)54-56-91(100)111-92-57-55-78(113-95-48-25-18-39-82(95)83-40-19-26-49-96(83)113)68-101(92)116(99-58-53-72(69-31-10-7-11-32-69)61-89(99)71-35-14-9-15-36-71)104-63-74(62-103(114)107(104)111)106-90(88-45-30-44-87-86-43-22-29-52-105(86)117-108(87)88)65-76(110(4,5)6)66-102(106)115-97-50-27-20-41-84(97)85-42-21-28-51-98(85)115/h7-68H,1-6H3. The third-order valence-corrected chi connectivity index (χ3v) is 26.3. The Morgan fingerprint density at radius 2 is 0.675 bits per heavy atom. The summed E-state index contributed by atoms with van der Waals surface area (Å²) in [5.74, 6) is 0. The Labute approximate surface area is 685 Å². The number of fused-ring (bicyclic) bond motifs is 16. The van der Waals surface area contributed by atoms with E-state index in [9.17, 15) is 0 Å². The first-order chi connectivity index (χ1) is 57.3. The van der Waals surface area contributed by atoms with E-state index in [1.807, 2.05) is 11.3 Å². The van der Waals surface area contributed by atoms with Crippen LogP contribution in [0.15, 0.2) is 376 Å². The van der Waals surface area contributed by atoms with E-state index in [1.54, 1.807) is 0 Å². The predicted octanol–water partition coefficient (Wildman–Crippen LogP) is 28.4. The summed E-state index contributed by atoms with van der Waals surface area (Å²) in [7, 11) is 0. The molecule has 0 saturated heterocycles. The number of para-hydroxylation sites is 6. The van der Waals surface area contributed by atoms with E-state index >= 15 is 0 Å². The van der Waals surface area contributed by atoms with Gasteiger partial charge in [-0.25, -0.2) is 0 Å². The Balaban J connectivity index is 0.929. The van der Waals surface area contributed by atoms with Crippen molar-refractivity contribution in [3.63, 3.8) is 0 Å². The zero-order valence-corrected chi connectivity index (χ0v) is 66.8.